The SMILES string of the molecule is CNC(=O)C(C(C)=O)(C(=O)O)C(=O)O. The monoisotopic (exact) mass is 203 g/mol. The predicted molar refractivity (Wildman–Crippen MR) is 42.5 cm³/mol. The number of Topliss-reactive ketones (excluding diaryl/α,β-unsaturated/α-hetero) is 1. The third kappa shape index (κ3) is 1.43. The second kappa shape index (κ2) is 3.86. The Kier molecular flexibility index (Phi) is 3.33. The third-order valence-corrected chi connectivity index (χ3v) is 1.74. The van der Waals surface area contributed by atoms with Crippen LogP contribution in [0.4, 0.5) is 0 Å². The molecule has 0 heterocycles. The molecule has 1 amide bonds. The average Bonchev–Trinajstić information content (AvgIpc) is 2.02. The number of rotatable bonds is 4. The maximum atomic E-state index is 11.1. The van der Waals surface area contributed by atoms with E-state index in [0.29, 0.717) is 0 Å². The molecule has 0 unspecified atom stereocenters. The summed E-state index contributed by atoms with van der Waals surface area (Å²) < 4.78 is 0. The van der Waals surface area contributed by atoms with Crippen molar-refractivity contribution < 1.29 is 29.4 Å². The van der Waals surface area contributed by atoms with Crippen molar-refractivity contribution in [2.75, 3.05) is 7.05 Å². The summed E-state index contributed by atoms with van der Waals surface area (Å²) in [6, 6.07) is 0. The van der Waals surface area contributed by atoms with E-state index < -0.39 is 29.0 Å². The van der Waals surface area contributed by atoms with Crippen LogP contribution in [0.3, 0.4) is 0 Å². The topological polar surface area (TPSA) is 121 Å². The molecule has 7 heteroatoms. The molecule has 0 aromatic rings. The highest BCUT2D eigenvalue weighted by molar-refractivity contribution is 6.34. The summed E-state index contributed by atoms with van der Waals surface area (Å²) in [6.45, 7) is 0.734. The van der Waals surface area contributed by atoms with Crippen LogP contribution in [0, 0.1) is 5.41 Å². The number of ketones is 1. The number of nitrogens with one attached hydrogen (secondary N) is 1. The summed E-state index contributed by atoms with van der Waals surface area (Å²) in [5.41, 5.74) is -3.05. The maximum Gasteiger partial charge on any atom is 0.338 e. The predicted octanol–water partition coefficient (Wildman–Crippen LogP) is -1.52. The molecular weight excluding hydrogens is 194 g/mol. The molecule has 0 saturated heterocycles. The molecule has 0 aliphatic carbocycles. The van der Waals surface area contributed by atoms with Crippen molar-refractivity contribution in [2.45, 2.75) is 6.92 Å². The fourth-order valence-electron chi connectivity index (χ4n) is 0.934. The first-order valence-electron chi connectivity index (χ1n) is 3.51. The van der Waals surface area contributed by atoms with Gasteiger partial charge in [-0.2, -0.15) is 0 Å². The van der Waals surface area contributed by atoms with Gasteiger partial charge in [0.2, 0.25) is 0 Å². The molecule has 0 atom stereocenters. The van der Waals surface area contributed by atoms with Crippen molar-refractivity contribution in [3.8, 4) is 0 Å². The van der Waals surface area contributed by atoms with Crippen LogP contribution < -0.4 is 5.32 Å². The van der Waals surface area contributed by atoms with E-state index in [-0.39, 0.29) is 0 Å². The first-order valence-corrected chi connectivity index (χ1v) is 3.51. The highest BCUT2D eigenvalue weighted by atomic mass is 16.4. The summed E-state index contributed by atoms with van der Waals surface area (Å²) in [5, 5.41) is 19.0. The van der Waals surface area contributed by atoms with E-state index >= 15 is 0 Å². The van der Waals surface area contributed by atoms with Crippen LogP contribution in [0.15, 0.2) is 0 Å². The van der Waals surface area contributed by atoms with Gasteiger partial charge in [0.05, 0.1) is 0 Å². The zero-order valence-corrected chi connectivity index (χ0v) is 7.53. The molecule has 7 nitrogen and oxygen atoms in total. The van der Waals surface area contributed by atoms with Gasteiger partial charge in [0, 0.05) is 7.05 Å². The Bertz CT molecular complexity index is 271. The lowest BCUT2D eigenvalue weighted by Gasteiger charge is -2.19. The van der Waals surface area contributed by atoms with Gasteiger partial charge in [0.25, 0.3) is 11.3 Å². The van der Waals surface area contributed by atoms with Gasteiger partial charge >= 0.3 is 11.9 Å². The Hall–Kier alpha value is -1.92. The second-order valence-corrected chi connectivity index (χ2v) is 2.50. The van der Waals surface area contributed by atoms with Gasteiger partial charge in [-0.1, -0.05) is 0 Å². The average molecular weight is 203 g/mol. The molecule has 0 aliphatic heterocycles. The molecular formula is C7H9NO6. The maximum absolute atomic E-state index is 11.1. The van der Waals surface area contributed by atoms with Crippen LogP contribution in [-0.2, 0) is 19.2 Å². The first kappa shape index (κ1) is 12.1. The van der Waals surface area contributed by atoms with E-state index in [9.17, 15) is 19.2 Å². The van der Waals surface area contributed by atoms with Crippen LogP contribution in [0.2, 0.25) is 0 Å². The molecule has 78 valence electrons. The van der Waals surface area contributed by atoms with E-state index in [4.69, 9.17) is 10.2 Å². The van der Waals surface area contributed by atoms with Crippen LogP contribution in [0.5, 0.6) is 0 Å². The minimum absolute atomic E-state index is 0.734. The van der Waals surface area contributed by atoms with Gasteiger partial charge in [0.1, 0.15) is 0 Å². The second-order valence-electron chi connectivity index (χ2n) is 2.50. The van der Waals surface area contributed by atoms with Crippen LogP contribution in [0.25, 0.3) is 0 Å². The fourth-order valence-corrected chi connectivity index (χ4v) is 0.934. The third-order valence-electron chi connectivity index (χ3n) is 1.74. The molecule has 0 aromatic heterocycles. The largest absolute Gasteiger partial charge is 0.480 e. The van der Waals surface area contributed by atoms with Gasteiger partial charge in [-0.05, 0) is 6.92 Å². The Morgan fingerprint density at radius 1 is 1.07 bits per heavy atom. The van der Waals surface area contributed by atoms with Gasteiger partial charge in [-0.3, -0.25) is 9.59 Å². The van der Waals surface area contributed by atoms with Crippen molar-refractivity contribution in [3.05, 3.63) is 0 Å². The molecule has 0 aliphatic rings. The van der Waals surface area contributed by atoms with Crippen molar-refractivity contribution in [3.63, 3.8) is 0 Å². The number of carboxylic acids is 2. The smallest absolute Gasteiger partial charge is 0.338 e. The lowest BCUT2D eigenvalue weighted by molar-refractivity contribution is -0.171. The molecule has 0 aromatic carbocycles. The number of carbonyl (C=O) groups excluding carboxylic acids is 2. The lowest BCUT2D eigenvalue weighted by atomic mass is 9.83. The van der Waals surface area contributed by atoms with Crippen LogP contribution in [0.1, 0.15) is 6.92 Å². The van der Waals surface area contributed by atoms with Gasteiger partial charge in [0.15, 0.2) is 5.78 Å². The molecule has 3 N–H and O–H groups in total. The van der Waals surface area contributed by atoms with E-state index in [1.165, 1.54) is 0 Å². The Morgan fingerprint density at radius 3 is 1.50 bits per heavy atom. The summed E-state index contributed by atoms with van der Waals surface area (Å²) >= 11 is 0. The molecule has 0 radical (unpaired) electrons. The zero-order valence-electron chi connectivity index (χ0n) is 7.53. The highest BCUT2D eigenvalue weighted by Gasteiger charge is 2.58. The molecule has 0 spiro atoms. The number of aliphatic carboxylic acids is 2. The Balaban J connectivity index is 5.63. The van der Waals surface area contributed by atoms with E-state index in [2.05, 4.69) is 0 Å². The quantitative estimate of drug-likeness (QED) is 0.477. The zero-order chi connectivity index (χ0) is 11.5. The van der Waals surface area contributed by atoms with Gasteiger partial charge in [-0.25, -0.2) is 9.59 Å². The van der Waals surface area contributed by atoms with Crippen molar-refractivity contribution >= 4 is 23.6 Å². The van der Waals surface area contributed by atoms with Gasteiger partial charge < -0.3 is 15.5 Å². The number of carboxylic acid groups (broad SMARTS) is 2. The number of hydrogen-bond donors (Lipinski definition) is 3. The van der Waals surface area contributed by atoms with Crippen molar-refractivity contribution in [2.24, 2.45) is 5.41 Å². The normalized spacial score (nSPS) is 10.4. The standard InChI is InChI=1S/C7H9NO6/c1-3(9)7(5(11)12,6(13)14)4(10)8-2/h1-2H3,(H,8,10)(H,11,12)(H,13,14). The number of hydrogen-bond acceptors (Lipinski definition) is 4. The molecule has 0 bridgehead atoms. The van der Waals surface area contributed by atoms with Crippen molar-refractivity contribution in [1.82, 2.24) is 5.32 Å². The van der Waals surface area contributed by atoms with Gasteiger partial charge in [-0.15, -0.1) is 0 Å². The minimum Gasteiger partial charge on any atom is -0.480 e. The van der Waals surface area contributed by atoms with Crippen LogP contribution >= 0.6 is 0 Å². The van der Waals surface area contributed by atoms with E-state index in [1.807, 2.05) is 5.32 Å². The fraction of sp³-hybridized carbons (Fsp3) is 0.429. The number of carbonyl (C=O) groups is 4. The Morgan fingerprint density at radius 2 is 1.43 bits per heavy atom. The summed E-state index contributed by atoms with van der Waals surface area (Å²) in [7, 11) is 1.05. The highest BCUT2D eigenvalue weighted by Crippen LogP contribution is 2.19. The molecule has 0 saturated carbocycles. The molecule has 0 rings (SSSR count). The lowest BCUT2D eigenvalue weighted by Crippen LogP contribution is -2.55. The molecule has 0 fully saturated rings. The minimum atomic E-state index is -3.05. The summed E-state index contributed by atoms with van der Waals surface area (Å²) in [5.74, 6) is -6.63. The first-order chi connectivity index (χ1) is 6.31. The van der Waals surface area contributed by atoms with Crippen LogP contribution in [-0.4, -0.2) is 40.9 Å². The summed E-state index contributed by atoms with van der Waals surface area (Å²) in [4.78, 5) is 43.3. The van der Waals surface area contributed by atoms with E-state index in [0.717, 1.165) is 14.0 Å². The number of amides is 1. The van der Waals surface area contributed by atoms with E-state index in [1.54, 1.807) is 0 Å². The van der Waals surface area contributed by atoms with Crippen molar-refractivity contribution in [1.29, 1.82) is 0 Å². The summed E-state index contributed by atoms with van der Waals surface area (Å²) in [6.07, 6.45) is 0. The Labute approximate surface area is 78.7 Å². The molecule has 14 heavy (non-hydrogen) atoms.